The van der Waals surface area contributed by atoms with E-state index in [-0.39, 0.29) is 18.0 Å². The lowest BCUT2D eigenvalue weighted by Crippen LogP contribution is -2.50. The summed E-state index contributed by atoms with van der Waals surface area (Å²) < 4.78 is 0. The van der Waals surface area contributed by atoms with Crippen LogP contribution >= 0.6 is 0 Å². The number of hydrogen-bond acceptors (Lipinski definition) is 2. The number of carbonyl (C=O) groups excluding carboxylic acids is 1. The van der Waals surface area contributed by atoms with E-state index < -0.39 is 12.0 Å². The summed E-state index contributed by atoms with van der Waals surface area (Å²) in [7, 11) is 0. The maximum atomic E-state index is 11.7. The molecule has 1 aliphatic rings. The predicted octanol–water partition coefficient (Wildman–Crippen LogP) is 1.58. The Bertz CT molecular complexity index is 287. The molecule has 3 N–H and O–H groups in total. The first-order chi connectivity index (χ1) is 7.95. The summed E-state index contributed by atoms with van der Waals surface area (Å²) in [5.41, 5.74) is 0. The van der Waals surface area contributed by atoms with Gasteiger partial charge in [0, 0.05) is 6.04 Å². The fraction of sp³-hybridized carbons (Fsp3) is 0.833. The first-order valence-corrected chi connectivity index (χ1v) is 6.25. The maximum absolute atomic E-state index is 11.7. The number of hydrogen-bond donors (Lipinski definition) is 3. The summed E-state index contributed by atoms with van der Waals surface area (Å²) >= 11 is 0. The van der Waals surface area contributed by atoms with Crippen LogP contribution in [0.2, 0.25) is 0 Å². The van der Waals surface area contributed by atoms with Crippen LogP contribution in [0.15, 0.2) is 0 Å². The van der Waals surface area contributed by atoms with Gasteiger partial charge in [-0.2, -0.15) is 0 Å². The van der Waals surface area contributed by atoms with E-state index in [9.17, 15) is 9.59 Å². The van der Waals surface area contributed by atoms with E-state index in [2.05, 4.69) is 10.6 Å². The zero-order valence-electron chi connectivity index (χ0n) is 10.7. The summed E-state index contributed by atoms with van der Waals surface area (Å²) in [6, 6.07) is -1.02. The van der Waals surface area contributed by atoms with Crippen molar-refractivity contribution in [2.45, 2.75) is 52.1 Å². The molecular weight excluding hydrogens is 220 g/mol. The molecular formula is C12H22N2O3. The van der Waals surface area contributed by atoms with E-state index >= 15 is 0 Å². The molecule has 1 aliphatic carbocycles. The monoisotopic (exact) mass is 242 g/mol. The number of carboxylic acid groups (broad SMARTS) is 1. The minimum absolute atomic E-state index is 0.0867. The Labute approximate surface area is 102 Å². The van der Waals surface area contributed by atoms with E-state index in [4.69, 9.17) is 5.11 Å². The van der Waals surface area contributed by atoms with Gasteiger partial charge in [0.2, 0.25) is 0 Å². The lowest BCUT2D eigenvalue weighted by molar-refractivity contribution is -0.139. The Morgan fingerprint density at radius 2 is 1.88 bits per heavy atom. The SMILES string of the molecule is CCC(NC(=O)NC(C(=O)O)C1CC1)C(C)C. The molecule has 0 aromatic rings. The summed E-state index contributed by atoms with van der Waals surface area (Å²) in [6.07, 6.45) is 2.61. The number of carbonyl (C=O) groups is 2. The largest absolute Gasteiger partial charge is 0.480 e. The van der Waals surface area contributed by atoms with Crippen molar-refractivity contribution in [3.8, 4) is 0 Å². The van der Waals surface area contributed by atoms with Crippen molar-refractivity contribution in [1.82, 2.24) is 10.6 Å². The van der Waals surface area contributed by atoms with Crippen LogP contribution in [-0.4, -0.2) is 29.2 Å². The van der Waals surface area contributed by atoms with Gasteiger partial charge in [-0.25, -0.2) is 9.59 Å². The Hall–Kier alpha value is -1.26. The molecule has 2 unspecified atom stereocenters. The van der Waals surface area contributed by atoms with Crippen molar-refractivity contribution in [3.05, 3.63) is 0 Å². The molecule has 2 atom stereocenters. The molecule has 0 spiro atoms. The molecule has 1 rings (SSSR count). The highest BCUT2D eigenvalue weighted by molar-refractivity contribution is 5.83. The molecule has 1 saturated carbocycles. The molecule has 0 aromatic carbocycles. The van der Waals surface area contributed by atoms with Crippen molar-refractivity contribution in [2.24, 2.45) is 11.8 Å². The van der Waals surface area contributed by atoms with Crippen molar-refractivity contribution in [2.75, 3.05) is 0 Å². The van der Waals surface area contributed by atoms with Crippen LogP contribution in [-0.2, 0) is 4.79 Å². The molecule has 0 bridgehead atoms. The predicted molar refractivity (Wildman–Crippen MR) is 64.7 cm³/mol. The maximum Gasteiger partial charge on any atom is 0.326 e. The van der Waals surface area contributed by atoms with Gasteiger partial charge in [-0.15, -0.1) is 0 Å². The molecule has 17 heavy (non-hydrogen) atoms. The van der Waals surface area contributed by atoms with Crippen LogP contribution in [0.3, 0.4) is 0 Å². The molecule has 0 aliphatic heterocycles. The molecule has 2 amide bonds. The van der Waals surface area contributed by atoms with Gasteiger partial charge in [-0.1, -0.05) is 20.8 Å². The van der Waals surface area contributed by atoms with E-state index in [1.54, 1.807) is 0 Å². The standard InChI is InChI=1S/C12H22N2O3/c1-4-9(7(2)3)13-12(17)14-10(11(15)16)8-5-6-8/h7-10H,4-6H2,1-3H3,(H,15,16)(H2,13,14,17). The van der Waals surface area contributed by atoms with Gasteiger partial charge < -0.3 is 15.7 Å². The zero-order chi connectivity index (χ0) is 13.0. The minimum atomic E-state index is -0.944. The van der Waals surface area contributed by atoms with E-state index in [0.29, 0.717) is 5.92 Å². The van der Waals surface area contributed by atoms with Gasteiger partial charge in [0.25, 0.3) is 0 Å². The molecule has 5 nitrogen and oxygen atoms in total. The highest BCUT2D eigenvalue weighted by Gasteiger charge is 2.37. The van der Waals surface area contributed by atoms with Crippen LogP contribution in [0.4, 0.5) is 4.79 Å². The molecule has 0 aromatic heterocycles. The Morgan fingerprint density at radius 3 is 2.24 bits per heavy atom. The summed E-state index contributed by atoms with van der Waals surface area (Å²) in [6.45, 7) is 6.06. The molecule has 0 radical (unpaired) electrons. The number of aliphatic carboxylic acids is 1. The van der Waals surface area contributed by atoms with Crippen LogP contribution in [0.25, 0.3) is 0 Å². The van der Waals surface area contributed by atoms with Crippen molar-refractivity contribution in [1.29, 1.82) is 0 Å². The lowest BCUT2D eigenvalue weighted by atomic mass is 10.0. The summed E-state index contributed by atoms with van der Waals surface area (Å²) in [5, 5.41) is 14.4. The number of carboxylic acids is 1. The average molecular weight is 242 g/mol. The van der Waals surface area contributed by atoms with Crippen LogP contribution < -0.4 is 10.6 Å². The van der Waals surface area contributed by atoms with E-state index in [1.165, 1.54) is 0 Å². The molecule has 0 saturated heterocycles. The Morgan fingerprint density at radius 1 is 1.29 bits per heavy atom. The van der Waals surface area contributed by atoms with Gasteiger partial charge >= 0.3 is 12.0 Å². The molecule has 98 valence electrons. The zero-order valence-corrected chi connectivity index (χ0v) is 10.7. The fourth-order valence-corrected chi connectivity index (χ4v) is 1.90. The number of rotatable bonds is 6. The third-order valence-corrected chi connectivity index (χ3v) is 3.21. The van der Waals surface area contributed by atoms with E-state index in [0.717, 1.165) is 19.3 Å². The number of amides is 2. The van der Waals surface area contributed by atoms with Crippen molar-refractivity contribution in [3.63, 3.8) is 0 Å². The topological polar surface area (TPSA) is 78.4 Å². The lowest BCUT2D eigenvalue weighted by Gasteiger charge is -2.22. The number of nitrogens with one attached hydrogen (secondary N) is 2. The smallest absolute Gasteiger partial charge is 0.326 e. The third-order valence-electron chi connectivity index (χ3n) is 3.21. The average Bonchev–Trinajstić information content (AvgIpc) is 3.05. The summed E-state index contributed by atoms with van der Waals surface area (Å²) in [5.74, 6) is -0.493. The first-order valence-electron chi connectivity index (χ1n) is 6.25. The van der Waals surface area contributed by atoms with Crippen LogP contribution in [0, 0.1) is 11.8 Å². The summed E-state index contributed by atoms with van der Waals surface area (Å²) in [4.78, 5) is 22.6. The van der Waals surface area contributed by atoms with Crippen molar-refractivity contribution >= 4 is 12.0 Å². The van der Waals surface area contributed by atoms with Gasteiger partial charge in [0.1, 0.15) is 6.04 Å². The van der Waals surface area contributed by atoms with Gasteiger partial charge in [0.05, 0.1) is 0 Å². The first kappa shape index (κ1) is 13.8. The van der Waals surface area contributed by atoms with Gasteiger partial charge in [0.15, 0.2) is 0 Å². The fourth-order valence-electron chi connectivity index (χ4n) is 1.90. The quantitative estimate of drug-likeness (QED) is 0.661. The van der Waals surface area contributed by atoms with E-state index in [1.807, 2.05) is 20.8 Å². The number of urea groups is 1. The van der Waals surface area contributed by atoms with Gasteiger partial charge in [-0.05, 0) is 31.1 Å². The second-order valence-corrected chi connectivity index (χ2v) is 5.03. The second-order valence-electron chi connectivity index (χ2n) is 5.03. The second kappa shape index (κ2) is 5.89. The highest BCUT2D eigenvalue weighted by atomic mass is 16.4. The normalized spacial score (nSPS) is 18.6. The Kier molecular flexibility index (Phi) is 4.78. The minimum Gasteiger partial charge on any atom is -0.480 e. The van der Waals surface area contributed by atoms with Gasteiger partial charge in [-0.3, -0.25) is 0 Å². The van der Waals surface area contributed by atoms with Crippen LogP contribution in [0.1, 0.15) is 40.0 Å². The molecule has 5 heteroatoms. The van der Waals surface area contributed by atoms with Crippen LogP contribution in [0.5, 0.6) is 0 Å². The third kappa shape index (κ3) is 4.24. The highest BCUT2D eigenvalue weighted by Crippen LogP contribution is 2.32. The molecule has 0 heterocycles. The Balaban J connectivity index is 2.44. The van der Waals surface area contributed by atoms with Crippen molar-refractivity contribution < 1.29 is 14.7 Å². The molecule has 1 fully saturated rings.